The smallest absolute Gasteiger partial charge is 0.250 e. The van der Waals surface area contributed by atoms with Crippen LogP contribution in [0.25, 0.3) is 0 Å². The Morgan fingerprint density at radius 1 is 1.20 bits per heavy atom. The summed E-state index contributed by atoms with van der Waals surface area (Å²) in [6.07, 6.45) is 0.634. The molecule has 1 atom stereocenters. The fourth-order valence-corrected chi connectivity index (χ4v) is 3.83. The molecule has 2 aromatic rings. The largest absolute Gasteiger partial charge is 0.496 e. The summed E-state index contributed by atoms with van der Waals surface area (Å²) in [5, 5.41) is 5.69. The molecule has 0 aliphatic carbocycles. The molecule has 130 valence electrons. The predicted molar refractivity (Wildman–Crippen MR) is 99.0 cm³/mol. The molecule has 0 bridgehead atoms. The standard InChI is InChI=1S/C19H20N2O3S/c1-19(18(23)21-14-8-4-6-10-16(14)25-19)17(22)20-12-11-13-7-3-5-9-15(13)24-2/h3-10H,11-12H2,1-2H3,(H,20,22)(H,21,23). The molecule has 0 saturated carbocycles. The van der Waals surface area contributed by atoms with E-state index in [9.17, 15) is 9.59 Å². The van der Waals surface area contributed by atoms with E-state index in [0.29, 0.717) is 13.0 Å². The number of methoxy groups -OCH3 is 1. The van der Waals surface area contributed by atoms with Crippen molar-refractivity contribution >= 4 is 29.3 Å². The number of hydrogen-bond donors (Lipinski definition) is 2. The average molecular weight is 356 g/mol. The number of ether oxygens (including phenoxy) is 1. The van der Waals surface area contributed by atoms with Crippen LogP contribution in [0.5, 0.6) is 5.75 Å². The maximum atomic E-state index is 12.7. The molecular formula is C19H20N2O3S. The highest BCUT2D eigenvalue weighted by Crippen LogP contribution is 2.42. The van der Waals surface area contributed by atoms with Gasteiger partial charge < -0.3 is 15.4 Å². The lowest BCUT2D eigenvalue weighted by Gasteiger charge is -2.31. The van der Waals surface area contributed by atoms with Crippen molar-refractivity contribution in [1.29, 1.82) is 0 Å². The third-order valence-corrected chi connectivity index (χ3v) is 5.54. The molecule has 5 nitrogen and oxygen atoms in total. The van der Waals surface area contributed by atoms with Crippen molar-refractivity contribution in [2.24, 2.45) is 0 Å². The van der Waals surface area contributed by atoms with Gasteiger partial charge in [0.1, 0.15) is 5.75 Å². The second-order valence-electron chi connectivity index (χ2n) is 5.90. The molecule has 2 amide bonds. The predicted octanol–water partition coefficient (Wildman–Crippen LogP) is 2.86. The van der Waals surface area contributed by atoms with E-state index in [0.717, 1.165) is 21.9 Å². The first-order valence-electron chi connectivity index (χ1n) is 8.04. The van der Waals surface area contributed by atoms with E-state index in [1.165, 1.54) is 11.8 Å². The fraction of sp³-hybridized carbons (Fsp3) is 0.263. The third-order valence-electron chi connectivity index (χ3n) is 4.19. The van der Waals surface area contributed by atoms with Gasteiger partial charge in [0.05, 0.1) is 12.8 Å². The molecule has 0 spiro atoms. The third kappa shape index (κ3) is 3.49. The Morgan fingerprint density at radius 3 is 2.72 bits per heavy atom. The SMILES string of the molecule is COc1ccccc1CCNC(=O)C1(C)Sc2ccccc2NC1=O. The van der Waals surface area contributed by atoms with Crippen LogP contribution < -0.4 is 15.4 Å². The van der Waals surface area contributed by atoms with E-state index in [2.05, 4.69) is 10.6 Å². The maximum Gasteiger partial charge on any atom is 0.250 e. The number of para-hydroxylation sites is 2. The van der Waals surface area contributed by atoms with Crippen molar-refractivity contribution < 1.29 is 14.3 Å². The summed E-state index contributed by atoms with van der Waals surface area (Å²) in [5.74, 6) is 0.201. The van der Waals surface area contributed by atoms with Crippen molar-refractivity contribution in [2.75, 3.05) is 19.0 Å². The van der Waals surface area contributed by atoms with E-state index in [1.54, 1.807) is 14.0 Å². The molecule has 25 heavy (non-hydrogen) atoms. The fourth-order valence-electron chi connectivity index (χ4n) is 2.71. The first kappa shape index (κ1) is 17.4. The highest BCUT2D eigenvalue weighted by Gasteiger charge is 2.45. The van der Waals surface area contributed by atoms with E-state index in [1.807, 2.05) is 48.5 Å². The van der Waals surface area contributed by atoms with Gasteiger partial charge in [0.15, 0.2) is 4.75 Å². The van der Waals surface area contributed by atoms with Gasteiger partial charge in [0.2, 0.25) is 11.8 Å². The second-order valence-corrected chi connectivity index (χ2v) is 7.36. The van der Waals surface area contributed by atoms with Crippen molar-refractivity contribution in [2.45, 2.75) is 23.0 Å². The summed E-state index contributed by atoms with van der Waals surface area (Å²) < 4.78 is 4.13. The van der Waals surface area contributed by atoms with Gasteiger partial charge in [-0.15, -0.1) is 0 Å². The first-order valence-corrected chi connectivity index (χ1v) is 8.86. The monoisotopic (exact) mass is 356 g/mol. The number of hydrogen-bond acceptors (Lipinski definition) is 4. The highest BCUT2D eigenvalue weighted by molar-refractivity contribution is 8.02. The molecule has 3 rings (SSSR count). The molecular weight excluding hydrogens is 336 g/mol. The van der Waals surface area contributed by atoms with Gasteiger partial charge in [-0.05, 0) is 37.1 Å². The minimum Gasteiger partial charge on any atom is -0.496 e. The normalized spacial score (nSPS) is 18.9. The lowest BCUT2D eigenvalue weighted by atomic mass is 10.1. The number of carbonyl (C=O) groups excluding carboxylic acids is 2. The lowest BCUT2D eigenvalue weighted by molar-refractivity contribution is -0.129. The molecule has 6 heteroatoms. The molecule has 0 saturated heterocycles. The number of thioether (sulfide) groups is 1. The average Bonchev–Trinajstić information content (AvgIpc) is 2.63. The molecule has 1 unspecified atom stereocenters. The Hall–Kier alpha value is -2.47. The van der Waals surface area contributed by atoms with Gasteiger partial charge in [-0.3, -0.25) is 9.59 Å². The number of amides is 2. The Bertz CT molecular complexity index is 809. The van der Waals surface area contributed by atoms with E-state index in [4.69, 9.17) is 4.74 Å². The Morgan fingerprint density at radius 2 is 1.92 bits per heavy atom. The molecule has 0 fully saturated rings. The number of rotatable bonds is 5. The summed E-state index contributed by atoms with van der Waals surface area (Å²) in [6, 6.07) is 15.2. The van der Waals surface area contributed by atoms with Crippen LogP contribution in [-0.2, 0) is 16.0 Å². The first-order chi connectivity index (χ1) is 12.0. The molecule has 2 aromatic carbocycles. The minimum absolute atomic E-state index is 0.292. The molecule has 0 aromatic heterocycles. The van der Waals surface area contributed by atoms with Crippen molar-refractivity contribution in [3.05, 3.63) is 54.1 Å². The summed E-state index contributed by atoms with van der Waals surface area (Å²) in [4.78, 5) is 26.0. The minimum atomic E-state index is -1.19. The zero-order valence-electron chi connectivity index (χ0n) is 14.2. The van der Waals surface area contributed by atoms with Crippen LogP contribution in [0.2, 0.25) is 0 Å². The van der Waals surface area contributed by atoms with Crippen LogP contribution in [0, 0.1) is 0 Å². The van der Waals surface area contributed by atoms with Gasteiger partial charge in [-0.2, -0.15) is 0 Å². The van der Waals surface area contributed by atoms with Crippen LogP contribution in [0.15, 0.2) is 53.4 Å². The number of nitrogens with one attached hydrogen (secondary N) is 2. The quantitative estimate of drug-likeness (QED) is 0.809. The molecule has 0 radical (unpaired) electrons. The zero-order valence-corrected chi connectivity index (χ0v) is 15.0. The van der Waals surface area contributed by atoms with E-state index in [-0.39, 0.29) is 11.8 Å². The van der Waals surface area contributed by atoms with E-state index < -0.39 is 4.75 Å². The molecule has 1 aliphatic rings. The Balaban J connectivity index is 1.66. The van der Waals surface area contributed by atoms with Crippen LogP contribution in [0.3, 0.4) is 0 Å². The number of carbonyl (C=O) groups is 2. The summed E-state index contributed by atoms with van der Waals surface area (Å²) in [5.41, 5.74) is 1.76. The van der Waals surface area contributed by atoms with Crippen LogP contribution in [0.1, 0.15) is 12.5 Å². The van der Waals surface area contributed by atoms with Crippen LogP contribution in [-0.4, -0.2) is 30.2 Å². The maximum absolute atomic E-state index is 12.7. The second kappa shape index (κ2) is 7.19. The Labute approximate surface area is 151 Å². The van der Waals surface area contributed by atoms with Crippen molar-refractivity contribution in [3.8, 4) is 5.75 Å². The lowest BCUT2D eigenvalue weighted by Crippen LogP contribution is -2.52. The summed E-state index contributed by atoms with van der Waals surface area (Å²) >= 11 is 1.28. The van der Waals surface area contributed by atoms with Gasteiger partial charge in [-0.1, -0.05) is 42.1 Å². The summed E-state index contributed by atoms with van der Waals surface area (Å²) in [7, 11) is 1.62. The van der Waals surface area contributed by atoms with Gasteiger partial charge >= 0.3 is 0 Å². The number of anilines is 1. The van der Waals surface area contributed by atoms with E-state index >= 15 is 0 Å². The molecule has 2 N–H and O–H groups in total. The molecule has 1 aliphatic heterocycles. The van der Waals surface area contributed by atoms with Crippen molar-refractivity contribution in [3.63, 3.8) is 0 Å². The molecule has 1 heterocycles. The van der Waals surface area contributed by atoms with Crippen LogP contribution >= 0.6 is 11.8 Å². The van der Waals surface area contributed by atoms with Gasteiger partial charge in [0.25, 0.3) is 0 Å². The topological polar surface area (TPSA) is 67.4 Å². The van der Waals surface area contributed by atoms with Crippen LogP contribution in [0.4, 0.5) is 5.69 Å². The number of fused-ring (bicyclic) bond motifs is 1. The summed E-state index contributed by atoms with van der Waals surface area (Å²) in [6.45, 7) is 2.09. The van der Waals surface area contributed by atoms with Gasteiger partial charge in [0, 0.05) is 11.4 Å². The van der Waals surface area contributed by atoms with Gasteiger partial charge in [-0.25, -0.2) is 0 Å². The van der Waals surface area contributed by atoms with Crippen molar-refractivity contribution in [1.82, 2.24) is 5.32 Å². The zero-order chi connectivity index (χ0) is 17.9. The Kier molecular flexibility index (Phi) is 4.99. The highest BCUT2D eigenvalue weighted by atomic mass is 32.2. The number of benzene rings is 2.